The standard InChI is InChI=1S/C46H82N2O5/c1-3-5-7-9-11-13-14-15-16-17-18-19-20-21-22-24-26-28-34-40-45(50)53-42(36-31-27-25-23-12-10-8-6-4-2)37-32-29-30-33-39-44(49)48-43(46(51)52)38-35-41-47/h11,13,15-16,18-19,31,36,42-43H,3-10,12,14,17,20-30,32-35,37-41,47H2,1-2H3,(H,48,49)(H,51,52)/b13-11-,16-15-,19-18-,36-31-. The summed E-state index contributed by atoms with van der Waals surface area (Å²) in [5, 5.41) is 11.9. The first-order chi connectivity index (χ1) is 25.9. The summed E-state index contributed by atoms with van der Waals surface area (Å²) >= 11 is 0. The lowest BCUT2D eigenvalue weighted by atomic mass is 10.1. The molecule has 1 amide bonds. The van der Waals surface area contributed by atoms with Gasteiger partial charge in [0.15, 0.2) is 0 Å². The molecule has 53 heavy (non-hydrogen) atoms. The van der Waals surface area contributed by atoms with Crippen LogP contribution in [0.5, 0.6) is 0 Å². The van der Waals surface area contributed by atoms with E-state index in [1.165, 1.54) is 89.9 Å². The zero-order chi connectivity index (χ0) is 38.9. The van der Waals surface area contributed by atoms with E-state index >= 15 is 0 Å². The van der Waals surface area contributed by atoms with Gasteiger partial charge < -0.3 is 20.9 Å². The van der Waals surface area contributed by atoms with E-state index in [9.17, 15) is 19.5 Å². The molecule has 0 saturated heterocycles. The molecule has 0 spiro atoms. The molecule has 0 aliphatic heterocycles. The summed E-state index contributed by atoms with van der Waals surface area (Å²) in [4.78, 5) is 36.4. The van der Waals surface area contributed by atoms with Crippen molar-refractivity contribution in [1.29, 1.82) is 0 Å². The summed E-state index contributed by atoms with van der Waals surface area (Å²) < 4.78 is 5.93. The van der Waals surface area contributed by atoms with Crippen LogP contribution in [0.1, 0.15) is 206 Å². The van der Waals surface area contributed by atoms with E-state index in [-0.39, 0.29) is 18.0 Å². The molecule has 7 heteroatoms. The molecular formula is C46H82N2O5. The van der Waals surface area contributed by atoms with Gasteiger partial charge in [0.25, 0.3) is 0 Å². The molecule has 0 heterocycles. The fraction of sp³-hybridized carbons (Fsp3) is 0.761. The maximum Gasteiger partial charge on any atom is 0.326 e. The minimum absolute atomic E-state index is 0.1000. The third-order valence-electron chi connectivity index (χ3n) is 9.60. The molecule has 0 bridgehead atoms. The molecule has 0 radical (unpaired) electrons. The molecule has 2 unspecified atom stereocenters. The highest BCUT2D eigenvalue weighted by atomic mass is 16.5. The quantitative estimate of drug-likeness (QED) is 0.0328. The Labute approximate surface area is 326 Å². The van der Waals surface area contributed by atoms with Gasteiger partial charge in [-0.1, -0.05) is 146 Å². The number of allylic oxidation sites excluding steroid dienone is 7. The number of carboxylic acids is 1. The average molecular weight is 743 g/mol. The van der Waals surface area contributed by atoms with E-state index in [4.69, 9.17) is 10.5 Å². The van der Waals surface area contributed by atoms with Gasteiger partial charge in [0.2, 0.25) is 5.91 Å². The van der Waals surface area contributed by atoms with Gasteiger partial charge in [-0.05, 0) is 103 Å². The normalized spacial score (nSPS) is 13.1. The summed E-state index contributed by atoms with van der Waals surface area (Å²) in [6.45, 7) is 4.89. The van der Waals surface area contributed by atoms with Crippen LogP contribution in [0.4, 0.5) is 0 Å². The first-order valence-corrected chi connectivity index (χ1v) is 22.0. The Morgan fingerprint density at radius 2 is 1.04 bits per heavy atom. The van der Waals surface area contributed by atoms with E-state index in [1.54, 1.807) is 0 Å². The summed E-state index contributed by atoms with van der Waals surface area (Å²) in [5.74, 6) is -1.34. The lowest BCUT2D eigenvalue weighted by Gasteiger charge is -2.15. The fourth-order valence-corrected chi connectivity index (χ4v) is 6.25. The first kappa shape index (κ1) is 50.3. The SMILES string of the molecule is CCCCC/C=C\C/C=C\C/C=C\CCCCCCCCC(=O)OC(/C=C\CCCCCCCCC)CCCCCCC(=O)NC(CCCN)C(=O)O. The number of nitrogens with two attached hydrogens (primary N) is 1. The molecule has 0 aromatic heterocycles. The molecule has 7 nitrogen and oxygen atoms in total. The third-order valence-corrected chi connectivity index (χ3v) is 9.60. The minimum atomic E-state index is -1.02. The van der Waals surface area contributed by atoms with Gasteiger partial charge in [-0.25, -0.2) is 4.79 Å². The Hall–Kier alpha value is -2.67. The highest BCUT2D eigenvalue weighted by molar-refractivity contribution is 5.83. The largest absolute Gasteiger partial charge is 0.480 e. The summed E-state index contributed by atoms with van der Waals surface area (Å²) in [7, 11) is 0. The van der Waals surface area contributed by atoms with Crippen LogP contribution in [0.15, 0.2) is 48.6 Å². The van der Waals surface area contributed by atoms with Crippen LogP contribution >= 0.6 is 0 Å². The number of esters is 1. The number of aliphatic carboxylic acids is 1. The van der Waals surface area contributed by atoms with Crippen LogP contribution in [-0.2, 0) is 19.1 Å². The Bertz CT molecular complexity index is 973. The second-order valence-electron chi connectivity index (χ2n) is 14.7. The van der Waals surface area contributed by atoms with Gasteiger partial charge in [0, 0.05) is 12.8 Å². The van der Waals surface area contributed by atoms with Gasteiger partial charge in [-0.2, -0.15) is 0 Å². The van der Waals surface area contributed by atoms with Crippen LogP contribution < -0.4 is 11.1 Å². The first-order valence-electron chi connectivity index (χ1n) is 22.0. The average Bonchev–Trinajstić information content (AvgIpc) is 3.14. The second-order valence-corrected chi connectivity index (χ2v) is 14.7. The fourth-order valence-electron chi connectivity index (χ4n) is 6.25. The summed E-state index contributed by atoms with van der Waals surface area (Å²) in [6, 6.07) is -0.873. The predicted octanol–water partition coefficient (Wildman–Crippen LogP) is 12.4. The number of unbranched alkanes of at least 4 members (excludes halogenated alkanes) is 19. The molecule has 0 aromatic rings. The van der Waals surface area contributed by atoms with E-state index in [2.05, 4.69) is 67.8 Å². The van der Waals surface area contributed by atoms with Crippen molar-refractivity contribution in [2.75, 3.05) is 6.54 Å². The number of nitrogens with one attached hydrogen (secondary N) is 1. The molecule has 4 N–H and O–H groups in total. The highest BCUT2D eigenvalue weighted by Crippen LogP contribution is 2.16. The molecule has 306 valence electrons. The number of rotatable bonds is 39. The van der Waals surface area contributed by atoms with Crippen molar-refractivity contribution < 1.29 is 24.2 Å². The van der Waals surface area contributed by atoms with E-state index < -0.39 is 12.0 Å². The molecule has 2 atom stereocenters. The smallest absolute Gasteiger partial charge is 0.326 e. The van der Waals surface area contributed by atoms with E-state index in [1.807, 2.05) is 0 Å². The Balaban J connectivity index is 4.30. The zero-order valence-electron chi connectivity index (χ0n) is 34.4. The van der Waals surface area contributed by atoms with Gasteiger partial charge in [-0.3, -0.25) is 9.59 Å². The number of amides is 1. The number of hydrogen-bond donors (Lipinski definition) is 3. The maximum absolute atomic E-state index is 12.7. The van der Waals surface area contributed by atoms with Crippen molar-refractivity contribution >= 4 is 17.8 Å². The lowest BCUT2D eigenvalue weighted by molar-refractivity contribution is -0.147. The Morgan fingerprint density at radius 1 is 0.566 bits per heavy atom. The van der Waals surface area contributed by atoms with Crippen LogP contribution in [0.2, 0.25) is 0 Å². The van der Waals surface area contributed by atoms with Gasteiger partial charge >= 0.3 is 11.9 Å². The Morgan fingerprint density at radius 3 is 1.62 bits per heavy atom. The maximum atomic E-state index is 12.7. The van der Waals surface area contributed by atoms with Crippen LogP contribution in [0.25, 0.3) is 0 Å². The molecule has 0 fully saturated rings. The third kappa shape index (κ3) is 37.4. The lowest BCUT2D eigenvalue weighted by Crippen LogP contribution is -2.40. The summed E-state index contributed by atoms with van der Waals surface area (Å²) in [5.41, 5.74) is 5.48. The van der Waals surface area contributed by atoms with Crippen LogP contribution in [-0.4, -0.2) is 41.6 Å². The molecule has 0 rings (SSSR count). The zero-order valence-corrected chi connectivity index (χ0v) is 34.4. The van der Waals surface area contributed by atoms with Crippen molar-refractivity contribution in [1.82, 2.24) is 5.32 Å². The van der Waals surface area contributed by atoms with E-state index in [0.29, 0.717) is 38.6 Å². The van der Waals surface area contributed by atoms with Gasteiger partial charge in [-0.15, -0.1) is 0 Å². The van der Waals surface area contributed by atoms with Crippen molar-refractivity contribution in [3.8, 4) is 0 Å². The molecule has 0 aliphatic rings. The van der Waals surface area contributed by atoms with Gasteiger partial charge in [0.05, 0.1) is 0 Å². The molecule has 0 aromatic carbocycles. The van der Waals surface area contributed by atoms with Crippen molar-refractivity contribution in [3.05, 3.63) is 48.6 Å². The van der Waals surface area contributed by atoms with E-state index in [0.717, 1.165) is 70.6 Å². The molecule has 0 aliphatic carbocycles. The van der Waals surface area contributed by atoms with Crippen LogP contribution in [0, 0.1) is 0 Å². The van der Waals surface area contributed by atoms with Crippen molar-refractivity contribution in [2.45, 2.75) is 219 Å². The molecular weight excluding hydrogens is 661 g/mol. The highest BCUT2D eigenvalue weighted by Gasteiger charge is 2.19. The number of carbonyl (C=O) groups is 3. The minimum Gasteiger partial charge on any atom is -0.480 e. The predicted molar refractivity (Wildman–Crippen MR) is 225 cm³/mol. The summed E-state index contributed by atoms with van der Waals surface area (Å²) in [6.07, 6.45) is 48.8. The topological polar surface area (TPSA) is 119 Å². The van der Waals surface area contributed by atoms with Crippen molar-refractivity contribution in [3.63, 3.8) is 0 Å². The second kappa shape index (κ2) is 40.5. The van der Waals surface area contributed by atoms with Crippen molar-refractivity contribution in [2.24, 2.45) is 5.73 Å². The number of carbonyl (C=O) groups excluding carboxylic acids is 2. The number of ether oxygens (including phenoxy) is 1. The van der Waals surface area contributed by atoms with Gasteiger partial charge in [0.1, 0.15) is 12.1 Å². The molecule has 0 saturated carbocycles. The number of carboxylic acid groups (broad SMARTS) is 1. The monoisotopic (exact) mass is 743 g/mol. The van der Waals surface area contributed by atoms with Crippen LogP contribution in [0.3, 0.4) is 0 Å². The number of hydrogen-bond acceptors (Lipinski definition) is 5. The Kier molecular flexibility index (Phi) is 38.5.